The van der Waals surface area contributed by atoms with Crippen molar-refractivity contribution in [3.8, 4) is 0 Å². The molecule has 1 atom stereocenters. The van der Waals surface area contributed by atoms with Gasteiger partial charge in [-0.3, -0.25) is 0 Å². The number of methoxy groups -OCH3 is 1. The standard InChI is InChI=1S/C14H26N2O3S2/c1-6-15-9-13-8-14(12(4)20-13)21(17,18)16(7-2)11(3)10-19-5/h8,11,15H,6-7,9-10H2,1-5H3. The maximum absolute atomic E-state index is 12.8. The third kappa shape index (κ3) is 4.50. The van der Waals surface area contributed by atoms with Gasteiger partial charge in [-0.05, 0) is 26.5 Å². The van der Waals surface area contributed by atoms with E-state index in [4.69, 9.17) is 4.74 Å². The Bertz CT molecular complexity index is 540. The minimum atomic E-state index is -3.47. The Morgan fingerprint density at radius 1 is 1.43 bits per heavy atom. The minimum absolute atomic E-state index is 0.179. The molecule has 7 heteroatoms. The average Bonchev–Trinajstić information content (AvgIpc) is 2.79. The fraction of sp³-hybridized carbons (Fsp3) is 0.714. The molecule has 0 radical (unpaired) electrons. The van der Waals surface area contributed by atoms with Crippen LogP contribution >= 0.6 is 11.3 Å². The Labute approximate surface area is 132 Å². The van der Waals surface area contributed by atoms with Crippen molar-refractivity contribution in [2.24, 2.45) is 0 Å². The van der Waals surface area contributed by atoms with Gasteiger partial charge < -0.3 is 10.1 Å². The van der Waals surface area contributed by atoms with Crippen LogP contribution in [0.3, 0.4) is 0 Å². The van der Waals surface area contributed by atoms with E-state index in [2.05, 4.69) is 5.32 Å². The van der Waals surface area contributed by atoms with Crippen LogP contribution in [-0.4, -0.2) is 45.6 Å². The summed E-state index contributed by atoms with van der Waals surface area (Å²) in [6, 6.07) is 1.61. The van der Waals surface area contributed by atoms with Crippen LogP contribution < -0.4 is 5.32 Å². The number of rotatable bonds is 9. The predicted molar refractivity (Wildman–Crippen MR) is 87.3 cm³/mol. The van der Waals surface area contributed by atoms with Gasteiger partial charge in [-0.1, -0.05) is 13.8 Å². The molecule has 0 aromatic carbocycles. The Morgan fingerprint density at radius 2 is 2.10 bits per heavy atom. The normalized spacial score (nSPS) is 13.8. The molecule has 0 saturated heterocycles. The van der Waals surface area contributed by atoms with Crippen molar-refractivity contribution in [3.05, 3.63) is 15.8 Å². The zero-order valence-corrected chi connectivity index (χ0v) is 15.1. The zero-order chi connectivity index (χ0) is 16.0. The second kappa shape index (κ2) is 8.24. The van der Waals surface area contributed by atoms with Gasteiger partial charge in [0, 0.05) is 36.0 Å². The molecule has 0 amide bonds. The topological polar surface area (TPSA) is 58.6 Å². The van der Waals surface area contributed by atoms with Crippen molar-refractivity contribution in [1.29, 1.82) is 0 Å². The van der Waals surface area contributed by atoms with Crippen molar-refractivity contribution in [1.82, 2.24) is 9.62 Å². The summed E-state index contributed by atoms with van der Waals surface area (Å²) < 4.78 is 32.3. The van der Waals surface area contributed by atoms with Crippen LogP contribution in [-0.2, 0) is 21.3 Å². The molecular formula is C14H26N2O3S2. The van der Waals surface area contributed by atoms with Crippen LogP contribution in [0, 0.1) is 6.92 Å². The molecule has 0 aliphatic rings. The molecule has 1 heterocycles. The SMILES string of the molecule is CCNCc1cc(S(=O)(=O)N(CC)C(C)COC)c(C)s1. The lowest BCUT2D eigenvalue weighted by Crippen LogP contribution is -2.40. The lowest BCUT2D eigenvalue weighted by Gasteiger charge is -2.26. The van der Waals surface area contributed by atoms with Crippen molar-refractivity contribution < 1.29 is 13.2 Å². The van der Waals surface area contributed by atoms with Gasteiger partial charge in [0.25, 0.3) is 0 Å². The first-order chi connectivity index (χ1) is 9.88. The largest absolute Gasteiger partial charge is 0.383 e. The van der Waals surface area contributed by atoms with E-state index in [0.29, 0.717) is 24.6 Å². The first-order valence-electron chi connectivity index (χ1n) is 7.19. The lowest BCUT2D eigenvalue weighted by molar-refractivity contribution is 0.142. The van der Waals surface area contributed by atoms with E-state index in [1.165, 1.54) is 15.6 Å². The summed E-state index contributed by atoms with van der Waals surface area (Å²) in [7, 11) is -1.89. The highest BCUT2D eigenvalue weighted by atomic mass is 32.2. The molecule has 1 N–H and O–H groups in total. The summed E-state index contributed by atoms with van der Waals surface area (Å²) in [4.78, 5) is 2.31. The van der Waals surface area contributed by atoms with Gasteiger partial charge in [-0.15, -0.1) is 11.3 Å². The van der Waals surface area contributed by atoms with E-state index in [0.717, 1.165) is 16.3 Å². The predicted octanol–water partition coefficient (Wildman–Crippen LogP) is 2.21. The molecule has 0 fully saturated rings. The lowest BCUT2D eigenvalue weighted by atomic mass is 10.4. The summed E-state index contributed by atoms with van der Waals surface area (Å²) in [5.41, 5.74) is 0. The van der Waals surface area contributed by atoms with Crippen molar-refractivity contribution in [3.63, 3.8) is 0 Å². The van der Waals surface area contributed by atoms with Crippen molar-refractivity contribution in [2.75, 3.05) is 26.8 Å². The minimum Gasteiger partial charge on any atom is -0.383 e. The van der Waals surface area contributed by atoms with E-state index in [1.54, 1.807) is 13.2 Å². The maximum Gasteiger partial charge on any atom is 0.244 e. The zero-order valence-electron chi connectivity index (χ0n) is 13.5. The van der Waals surface area contributed by atoms with Crippen LogP contribution in [0.1, 0.15) is 30.5 Å². The van der Waals surface area contributed by atoms with Gasteiger partial charge in [0.1, 0.15) is 0 Å². The van der Waals surface area contributed by atoms with Gasteiger partial charge in [0.2, 0.25) is 10.0 Å². The Kier molecular flexibility index (Phi) is 7.29. The number of hydrogen-bond acceptors (Lipinski definition) is 5. The Balaban J connectivity index is 3.08. The molecule has 5 nitrogen and oxygen atoms in total. The van der Waals surface area contributed by atoms with Crippen LogP contribution in [0.4, 0.5) is 0 Å². The molecular weight excluding hydrogens is 308 g/mol. The van der Waals surface area contributed by atoms with Gasteiger partial charge in [0.15, 0.2) is 0 Å². The quantitative estimate of drug-likeness (QED) is 0.752. The maximum atomic E-state index is 12.8. The second-order valence-corrected chi connectivity index (χ2v) is 8.13. The van der Waals surface area contributed by atoms with E-state index in [1.807, 2.05) is 27.7 Å². The highest BCUT2D eigenvalue weighted by Crippen LogP contribution is 2.29. The van der Waals surface area contributed by atoms with Gasteiger partial charge in [-0.25, -0.2) is 8.42 Å². The van der Waals surface area contributed by atoms with E-state index >= 15 is 0 Å². The fourth-order valence-corrected chi connectivity index (χ4v) is 5.49. The summed E-state index contributed by atoms with van der Waals surface area (Å²) >= 11 is 1.53. The molecule has 1 rings (SSSR count). The molecule has 0 bridgehead atoms. The summed E-state index contributed by atoms with van der Waals surface area (Å²) in [5.74, 6) is 0. The number of ether oxygens (including phenoxy) is 1. The first-order valence-corrected chi connectivity index (χ1v) is 9.44. The smallest absolute Gasteiger partial charge is 0.244 e. The number of nitrogens with zero attached hydrogens (tertiary/aromatic N) is 1. The Hall–Kier alpha value is -0.470. The van der Waals surface area contributed by atoms with Crippen LogP contribution in [0.5, 0.6) is 0 Å². The molecule has 1 aromatic heterocycles. The van der Waals surface area contributed by atoms with Crippen LogP contribution in [0.15, 0.2) is 11.0 Å². The fourth-order valence-electron chi connectivity index (χ4n) is 2.28. The van der Waals surface area contributed by atoms with Crippen molar-refractivity contribution in [2.45, 2.75) is 45.2 Å². The number of nitrogens with one attached hydrogen (secondary N) is 1. The number of thiophene rings is 1. The van der Waals surface area contributed by atoms with Gasteiger partial charge in [-0.2, -0.15) is 4.31 Å². The summed E-state index contributed by atoms with van der Waals surface area (Å²) in [6.07, 6.45) is 0. The van der Waals surface area contributed by atoms with E-state index in [-0.39, 0.29) is 6.04 Å². The Morgan fingerprint density at radius 3 is 2.62 bits per heavy atom. The van der Waals surface area contributed by atoms with E-state index in [9.17, 15) is 8.42 Å². The van der Waals surface area contributed by atoms with Gasteiger partial charge >= 0.3 is 0 Å². The number of hydrogen-bond donors (Lipinski definition) is 1. The summed E-state index contributed by atoms with van der Waals surface area (Å²) in [6.45, 7) is 10.0. The first kappa shape index (κ1) is 18.6. The molecule has 122 valence electrons. The molecule has 0 saturated carbocycles. The second-order valence-electron chi connectivity index (χ2n) is 4.93. The number of likely N-dealkylation sites (N-methyl/N-ethyl adjacent to an activating group) is 1. The monoisotopic (exact) mass is 334 g/mol. The summed E-state index contributed by atoms with van der Waals surface area (Å²) in [5, 5.41) is 3.22. The molecule has 1 aromatic rings. The van der Waals surface area contributed by atoms with Crippen LogP contribution in [0.25, 0.3) is 0 Å². The van der Waals surface area contributed by atoms with E-state index < -0.39 is 10.0 Å². The van der Waals surface area contributed by atoms with Crippen LogP contribution in [0.2, 0.25) is 0 Å². The average molecular weight is 335 g/mol. The molecule has 1 unspecified atom stereocenters. The highest BCUT2D eigenvalue weighted by Gasteiger charge is 2.30. The molecule has 21 heavy (non-hydrogen) atoms. The molecule has 0 spiro atoms. The highest BCUT2D eigenvalue weighted by molar-refractivity contribution is 7.89. The number of aryl methyl sites for hydroxylation is 1. The molecule has 0 aliphatic heterocycles. The third-order valence-electron chi connectivity index (χ3n) is 3.27. The van der Waals surface area contributed by atoms with Gasteiger partial charge in [0.05, 0.1) is 11.5 Å². The third-order valence-corrected chi connectivity index (χ3v) is 6.67. The van der Waals surface area contributed by atoms with Crippen molar-refractivity contribution >= 4 is 21.4 Å². The number of sulfonamides is 1. The molecule has 0 aliphatic carbocycles.